The maximum absolute atomic E-state index is 14.4. The van der Waals surface area contributed by atoms with Gasteiger partial charge in [0.2, 0.25) is 5.91 Å². The van der Waals surface area contributed by atoms with Gasteiger partial charge in [-0.1, -0.05) is 43.7 Å². The summed E-state index contributed by atoms with van der Waals surface area (Å²) in [4.78, 5) is 17.4. The van der Waals surface area contributed by atoms with Crippen molar-refractivity contribution >= 4 is 5.91 Å². The van der Waals surface area contributed by atoms with E-state index >= 15 is 0 Å². The highest BCUT2D eigenvalue weighted by Crippen LogP contribution is 2.59. The second kappa shape index (κ2) is 6.71. The Morgan fingerprint density at radius 3 is 2.62 bits per heavy atom. The number of carbonyl (C=O) groups excluding carboxylic acids is 1. The fourth-order valence-electron chi connectivity index (χ4n) is 3.73. The molecule has 1 N–H and O–H groups in total. The molecule has 3 rings (SSSR count). The zero-order chi connectivity index (χ0) is 19.1. The first-order chi connectivity index (χ1) is 12.2. The number of nitrogens with one attached hydrogen (secondary N) is 1. The van der Waals surface area contributed by atoms with E-state index in [9.17, 15) is 9.18 Å². The predicted octanol–water partition coefficient (Wildman–Crippen LogP) is 4.00. The molecule has 138 valence electrons. The van der Waals surface area contributed by atoms with E-state index in [2.05, 4.69) is 30.2 Å². The van der Waals surface area contributed by atoms with Crippen LogP contribution in [0.4, 0.5) is 4.39 Å². The van der Waals surface area contributed by atoms with Crippen molar-refractivity contribution in [2.45, 2.75) is 33.7 Å². The summed E-state index contributed by atoms with van der Waals surface area (Å²) in [5, 5.41) is 3.05. The van der Waals surface area contributed by atoms with Crippen LogP contribution in [0.3, 0.4) is 0 Å². The second-order valence-corrected chi connectivity index (χ2v) is 7.93. The van der Waals surface area contributed by atoms with Crippen molar-refractivity contribution in [1.82, 2.24) is 14.9 Å². The lowest BCUT2D eigenvalue weighted by Gasteiger charge is -2.20. The number of nitrogens with zero attached hydrogens (tertiary/aromatic N) is 2. The normalized spacial score (nSPS) is 21.8. The maximum atomic E-state index is 14.4. The first-order valence-corrected chi connectivity index (χ1v) is 8.90. The largest absolute Gasteiger partial charge is 0.342 e. The number of allylic oxidation sites excluding steroid dienone is 2. The molecule has 2 aromatic rings. The number of aromatic nitrogens is 2. The third-order valence-corrected chi connectivity index (χ3v) is 5.33. The highest BCUT2D eigenvalue weighted by molar-refractivity contribution is 5.84. The molecule has 0 radical (unpaired) electrons. The summed E-state index contributed by atoms with van der Waals surface area (Å²) in [5.41, 5.74) is 1.53. The van der Waals surface area contributed by atoms with E-state index in [1.165, 1.54) is 11.6 Å². The van der Waals surface area contributed by atoms with Gasteiger partial charge in [0.25, 0.3) is 0 Å². The Kier molecular flexibility index (Phi) is 4.74. The van der Waals surface area contributed by atoms with Crippen LogP contribution in [0.5, 0.6) is 0 Å². The number of carbonyl (C=O) groups is 1. The minimum absolute atomic E-state index is 0.0613. The number of hydrogen-bond acceptors (Lipinski definition) is 2. The van der Waals surface area contributed by atoms with Crippen LogP contribution in [-0.2, 0) is 11.8 Å². The maximum Gasteiger partial charge on any atom is 0.225 e. The van der Waals surface area contributed by atoms with Crippen LogP contribution in [0.25, 0.3) is 0 Å². The molecule has 5 heteroatoms. The summed E-state index contributed by atoms with van der Waals surface area (Å²) in [6.45, 7) is 8.28. The second-order valence-electron chi connectivity index (χ2n) is 7.93. The minimum atomic E-state index is -0.618. The molecule has 0 aliphatic heterocycles. The van der Waals surface area contributed by atoms with Crippen molar-refractivity contribution in [2.75, 3.05) is 0 Å². The topological polar surface area (TPSA) is 46.9 Å². The summed E-state index contributed by atoms with van der Waals surface area (Å²) >= 11 is 0. The van der Waals surface area contributed by atoms with Crippen molar-refractivity contribution in [3.8, 4) is 0 Å². The molecular weight excluding hydrogens is 329 g/mol. The summed E-state index contributed by atoms with van der Waals surface area (Å²) in [5.74, 6) is 0.285. The van der Waals surface area contributed by atoms with Crippen molar-refractivity contribution < 1.29 is 9.18 Å². The Morgan fingerprint density at radius 1 is 1.35 bits per heavy atom. The van der Waals surface area contributed by atoms with Gasteiger partial charge in [-0.2, -0.15) is 0 Å². The van der Waals surface area contributed by atoms with Crippen LogP contribution in [0.2, 0.25) is 0 Å². The summed E-state index contributed by atoms with van der Waals surface area (Å²) in [6.07, 6.45) is 5.61. The number of imidazole rings is 1. The van der Waals surface area contributed by atoms with Gasteiger partial charge >= 0.3 is 0 Å². The van der Waals surface area contributed by atoms with E-state index in [1.54, 1.807) is 30.6 Å². The lowest BCUT2D eigenvalue weighted by atomic mass is 10.0. The van der Waals surface area contributed by atoms with Crippen LogP contribution in [0.15, 0.2) is 48.3 Å². The SMILES string of the molecule is CC(C)=C[C@@H]1[C@@H](C(=O)N[C@H](c2ccccc2F)c2nccn2C)C1(C)C. The van der Waals surface area contributed by atoms with Gasteiger partial charge in [0.15, 0.2) is 0 Å². The minimum Gasteiger partial charge on any atom is -0.342 e. The zero-order valence-electron chi connectivity index (χ0n) is 16.0. The third kappa shape index (κ3) is 3.30. The van der Waals surface area contributed by atoms with Gasteiger partial charge in [0.1, 0.15) is 17.7 Å². The Labute approximate surface area is 154 Å². The quantitative estimate of drug-likeness (QED) is 0.824. The smallest absolute Gasteiger partial charge is 0.225 e. The standard InChI is InChI=1S/C21H26FN3O/c1-13(2)12-15-17(21(15,3)4)20(26)24-18(19-23-10-11-25(19)5)14-8-6-7-9-16(14)22/h6-12,15,17-18H,1-5H3,(H,24,26)/t15-,17+,18-/m1/s1. The predicted molar refractivity (Wildman–Crippen MR) is 99.8 cm³/mol. The third-order valence-electron chi connectivity index (χ3n) is 5.33. The molecule has 1 aliphatic carbocycles. The molecule has 1 aliphatic rings. The van der Waals surface area contributed by atoms with Gasteiger partial charge in [0, 0.05) is 25.0 Å². The van der Waals surface area contributed by atoms with Crippen LogP contribution in [0.1, 0.15) is 45.1 Å². The number of amides is 1. The monoisotopic (exact) mass is 355 g/mol. The zero-order valence-corrected chi connectivity index (χ0v) is 16.0. The molecule has 1 saturated carbocycles. The Bertz CT molecular complexity index is 848. The number of rotatable bonds is 5. The van der Waals surface area contributed by atoms with E-state index in [-0.39, 0.29) is 29.0 Å². The fraction of sp³-hybridized carbons (Fsp3) is 0.429. The Balaban J connectivity index is 1.90. The first kappa shape index (κ1) is 18.4. The van der Waals surface area contributed by atoms with E-state index in [0.717, 1.165) is 0 Å². The fourth-order valence-corrected chi connectivity index (χ4v) is 3.73. The molecule has 1 aromatic heterocycles. The van der Waals surface area contributed by atoms with Crippen LogP contribution in [-0.4, -0.2) is 15.5 Å². The number of benzene rings is 1. The Hall–Kier alpha value is -2.43. The summed E-state index contributed by atoms with van der Waals surface area (Å²) in [7, 11) is 1.84. The van der Waals surface area contributed by atoms with Crippen LogP contribution < -0.4 is 5.32 Å². The van der Waals surface area contributed by atoms with Crippen molar-refractivity contribution in [3.63, 3.8) is 0 Å². The van der Waals surface area contributed by atoms with Crippen molar-refractivity contribution in [1.29, 1.82) is 0 Å². The molecule has 1 aromatic carbocycles. The van der Waals surface area contributed by atoms with Gasteiger partial charge in [-0.05, 0) is 31.2 Å². The van der Waals surface area contributed by atoms with Gasteiger partial charge in [0.05, 0.1) is 5.92 Å². The van der Waals surface area contributed by atoms with Gasteiger partial charge in [-0.3, -0.25) is 4.79 Å². The van der Waals surface area contributed by atoms with Crippen molar-refractivity contribution in [3.05, 3.63) is 65.5 Å². The van der Waals surface area contributed by atoms with E-state index < -0.39 is 6.04 Å². The molecule has 1 heterocycles. The molecular formula is C21H26FN3O. The number of aryl methyl sites for hydroxylation is 1. The van der Waals surface area contributed by atoms with Gasteiger partial charge in [-0.25, -0.2) is 9.37 Å². The highest BCUT2D eigenvalue weighted by Gasteiger charge is 2.60. The van der Waals surface area contributed by atoms with E-state index in [0.29, 0.717) is 11.4 Å². The molecule has 26 heavy (non-hydrogen) atoms. The molecule has 0 unspecified atom stereocenters. The van der Waals surface area contributed by atoms with Gasteiger partial charge < -0.3 is 9.88 Å². The van der Waals surface area contributed by atoms with E-state index in [1.807, 2.05) is 25.5 Å². The Morgan fingerprint density at radius 2 is 2.04 bits per heavy atom. The average molecular weight is 355 g/mol. The number of hydrogen-bond donors (Lipinski definition) is 1. The molecule has 3 atom stereocenters. The molecule has 1 fully saturated rings. The first-order valence-electron chi connectivity index (χ1n) is 8.90. The summed E-state index contributed by atoms with van der Waals surface area (Å²) < 4.78 is 16.2. The van der Waals surface area contributed by atoms with Crippen LogP contribution >= 0.6 is 0 Å². The molecule has 0 spiro atoms. The molecule has 4 nitrogen and oxygen atoms in total. The van der Waals surface area contributed by atoms with Crippen LogP contribution in [0, 0.1) is 23.1 Å². The highest BCUT2D eigenvalue weighted by atomic mass is 19.1. The van der Waals surface area contributed by atoms with Crippen molar-refractivity contribution in [2.24, 2.45) is 24.3 Å². The lowest BCUT2D eigenvalue weighted by molar-refractivity contribution is -0.123. The molecule has 0 bridgehead atoms. The lowest BCUT2D eigenvalue weighted by Crippen LogP contribution is -2.33. The van der Waals surface area contributed by atoms with E-state index in [4.69, 9.17) is 0 Å². The molecule has 1 amide bonds. The number of halogens is 1. The molecule has 0 saturated heterocycles. The summed E-state index contributed by atoms with van der Waals surface area (Å²) in [6, 6.07) is 5.90. The van der Waals surface area contributed by atoms with Gasteiger partial charge in [-0.15, -0.1) is 0 Å². The average Bonchev–Trinajstić information content (AvgIpc) is 2.88.